The van der Waals surface area contributed by atoms with Crippen LogP contribution in [0, 0.1) is 0 Å². The predicted molar refractivity (Wildman–Crippen MR) is 85.5 cm³/mol. The van der Waals surface area contributed by atoms with Crippen molar-refractivity contribution < 1.29 is 17.8 Å². The Labute approximate surface area is 128 Å². The molecule has 0 unspecified atom stereocenters. The Balaban J connectivity index is 2.25. The monoisotopic (exact) mass is 320 g/mol. The zero-order chi connectivity index (χ0) is 16.2. The van der Waals surface area contributed by atoms with E-state index < -0.39 is 10.1 Å². The molecule has 0 aliphatic carbocycles. The second-order valence-electron chi connectivity index (χ2n) is 4.55. The molecule has 1 amide bonds. The number of benzene rings is 2. The number of anilines is 1. The van der Waals surface area contributed by atoms with Gasteiger partial charge in [0.2, 0.25) is 5.91 Å². The van der Waals surface area contributed by atoms with Crippen molar-refractivity contribution in [1.82, 2.24) is 5.32 Å². The lowest BCUT2D eigenvalue weighted by Gasteiger charge is -2.11. The van der Waals surface area contributed by atoms with Crippen molar-refractivity contribution in [2.75, 3.05) is 18.4 Å². The van der Waals surface area contributed by atoms with Crippen molar-refractivity contribution in [3.8, 4) is 0 Å². The molecular formula is C15H16N2O4S. The fraction of sp³-hybridized carbons (Fsp3) is 0.133. The Morgan fingerprint density at radius 2 is 1.82 bits per heavy atom. The molecule has 116 valence electrons. The van der Waals surface area contributed by atoms with E-state index in [9.17, 15) is 17.8 Å². The van der Waals surface area contributed by atoms with Gasteiger partial charge in [0.1, 0.15) is 4.90 Å². The van der Waals surface area contributed by atoms with Gasteiger partial charge in [0.15, 0.2) is 0 Å². The van der Waals surface area contributed by atoms with Crippen molar-refractivity contribution in [3.05, 3.63) is 49.1 Å². The van der Waals surface area contributed by atoms with Crippen LogP contribution in [0.5, 0.6) is 0 Å². The molecule has 6 nitrogen and oxygen atoms in total. The molecule has 0 radical (unpaired) electrons. The predicted octanol–water partition coefficient (Wildman–Crippen LogP) is 1.80. The summed E-state index contributed by atoms with van der Waals surface area (Å²) in [5.74, 6) is -0.256. The zero-order valence-corrected chi connectivity index (χ0v) is 12.6. The van der Waals surface area contributed by atoms with E-state index >= 15 is 0 Å². The van der Waals surface area contributed by atoms with E-state index in [2.05, 4.69) is 17.2 Å². The average Bonchev–Trinajstić information content (AvgIpc) is 2.49. The number of hydrogen-bond donors (Lipinski definition) is 3. The summed E-state index contributed by atoms with van der Waals surface area (Å²) in [6.45, 7) is 4.23. The molecule has 0 aliphatic heterocycles. The van der Waals surface area contributed by atoms with Gasteiger partial charge >= 0.3 is 0 Å². The van der Waals surface area contributed by atoms with E-state index in [0.29, 0.717) is 23.9 Å². The van der Waals surface area contributed by atoms with E-state index in [1.54, 1.807) is 30.3 Å². The van der Waals surface area contributed by atoms with Crippen LogP contribution in [0.2, 0.25) is 0 Å². The van der Waals surface area contributed by atoms with Crippen LogP contribution in [0.4, 0.5) is 5.69 Å². The highest BCUT2D eigenvalue weighted by atomic mass is 32.2. The first-order valence-electron chi connectivity index (χ1n) is 6.57. The van der Waals surface area contributed by atoms with Gasteiger partial charge in [-0.15, -0.1) is 0 Å². The number of carbonyl (C=O) groups is 1. The Bertz CT molecular complexity index is 815. The Hall–Kier alpha value is -2.38. The highest BCUT2D eigenvalue weighted by molar-refractivity contribution is 7.86. The highest BCUT2D eigenvalue weighted by Crippen LogP contribution is 2.28. The largest absolute Gasteiger partial charge is 0.383 e. The Morgan fingerprint density at radius 1 is 1.14 bits per heavy atom. The number of rotatable bonds is 6. The van der Waals surface area contributed by atoms with Gasteiger partial charge in [-0.2, -0.15) is 8.42 Å². The maximum Gasteiger partial charge on any atom is 0.295 e. The standard InChI is InChI=1S/C15H16N2O4S/c1-2-15(18)17-10-9-16-13-7-3-6-12-11(13)5-4-8-14(12)22(19,20)21/h2-8,16H,1,9-10H2,(H,17,18)(H,19,20,21). The molecule has 0 spiro atoms. The van der Waals surface area contributed by atoms with Crippen LogP contribution in [0.3, 0.4) is 0 Å². The third-order valence-electron chi connectivity index (χ3n) is 3.09. The molecule has 0 atom stereocenters. The normalized spacial score (nSPS) is 11.1. The Morgan fingerprint density at radius 3 is 2.50 bits per heavy atom. The number of nitrogens with one attached hydrogen (secondary N) is 2. The molecule has 0 heterocycles. The second kappa shape index (κ2) is 6.59. The van der Waals surface area contributed by atoms with Crippen molar-refractivity contribution in [2.24, 2.45) is 0 Å². The molecule has 2 aromatic carbocycles. The molecule has 3 N–H and O–H groups in total. The first kappa shape index (κ1) is 16.0. The molecule has 0 bridgehead atoms. The summed E-state index contributed by atoms with van der Waals surface area (Å²) in [7, 11) is -4.28. The van der Waals surface area contributed by atoms with Crippen LogP contribution >= 0.6 is 0 Å². The molecular weight excluding hydrogens is 304 g/mol. The topological polar surface area (TPSA) is 95.5 Å². The zero-order valence-electron chi connectivity index (χ0n) is 11.7. The first-order valence-corrected chi connectivity index (χ1v) is 8.01. The van der Waals surface area contributed by atoms with E-state index in [4.69, 9.17) is 0 Å². The molecule has 0 saturated carbocycles. The van der Waals surface area contributed by atoms with Crippen molar-refractivity contribution in [3.63, 3.8) is 0 Å². The minimum absolute atomic E-state index is 0.131. The van der Waals surface area contributed by atoms with Crippen LogP contribution in [0.1, 0.15) is 0 Å². The lowest BCUT2D eigenvalue weighted by atomic mass is 10.1. The first-order chi connectivity index (χ1) is 10.4. The van der Waals surface area contributed by atoms with Crippen molar-refractivity contribution in [1.29, 1.82) is 0 Å². The quantitative estimate of drug-likeness (QED) is 0.428. The Kier molecular flexibility index (Phi) is 4.79. The van der Waals surface area contributed by atoms with Gasteiger partial charge in [-0.25, -0.2) is 0 Å². The summed E-state index contributed by atoms with van der Waals surface area (Å²) in [6.07, 6.45) is 1.19. The summed E-state index contributed by atoms with van der Waals surface area (Å²) < 4.78 is 32.1. The molecule has 0 aliphatic rings. The van der Waals surface area contributed by atoms with Gasteiger partial charge in [0, 0.05) is 29.5 Å². The molecule has 0 saturated heterocycles. The minimum Gasteiger partial charge on any atom is -0.383 e. The molecule has 0 fully saturated rings. The van der Waals surface area contributed by atoms with E-state index in [1.165, 1.54) is 12.1 Å². The van der Waals surface area contributed by atoms with Gasteiger partial charge < -0.3 is 10.6 Å². The lowest BCUT2D eigenvalue weighted by molar-refractivity contribution is -0.116. The van der Waals surface area contributed by atoms with Crippen LogP contribution in [-0.2, 0) is 14.9 Å². The van der Waals surface area contributed by atoms with Gasteiger partial charge in [0.05, 0.1) is 0 Å². The van der Waals surface area contributed by atoms with Crippen LogP contribution in [0.15, 0.2) is 53.9 Å². The summed E-state index contributed by atoms with van der Waals surface area (Å²) in [4.78, 5) is 10.9. The molecule has 0 aromatic heterocycles. The number of fused-ring (bicyclic) bond motifs is 1. The van der Waals surface area contributed by atoms with Crippen LogP contribution < -0.4 is 10.6 Å². The van der Waals surface area contributed by atoms with E-state index in [0.717, 1.165) is 5.69 Å². The average molecular weight is 320 g/mol. The summed E-state index contributed by atoms with van der Waals surface area (Å²) >= 11 is 0. The highest BCUT2D eigenvalue weighted by Gasteiger charge is 2.14. The van der Waals surface area contributed by atoms with E-state index in [1.807, 2.05) is 0 Å². The number of hydrogen-bond acceptors (Lipinski definition) is 4. The van der Waals surface area contributed by atoms with Crippen molar-refractivity contribution >= 4 is 32.5 Å². The molecule has 2 rings (SSSR count). The van der Waals surface area contributed by atoms with Gasteiger partial charge in [0.25, 0.3) is 10.1 Å². The van der Waals surface area contributed by atoms with Gasteiger partial charge in [-0.05, 0) is 18.2 Å². The summed E-state index contributed by atoms with van der Waals surface area (Å²) in [5.41, 5.74) is 0.718. The fourth-order valence-corrected chi connectivity index (χ4v) is 2.82. The van der Waals surface area contributed by atoms with Gasteiger partial charge in [-0.1, -0.05) is 30.8 Å². The third kappa shape index (κ3) is 3.63. The summed E-state index contributed by atoms with van der Waals surface area (Å²) in [5, 5.41) is 6.86. The number of amides is 1. The SMILES string of the molecule is C=CC(=O)NCCNc1cccc2c(S(=O)(=O)O)cccc12. The second-order valence-corrected chi connectivity index (χ2v) is 5.94. The molecule has 22 heavy (non-hydrogen) atoms. The smallest absolute Gasteiger partial charge is 0.295 e. The summed E-state index contributed by atoms with van der Waals surface area (Å²) in [6, 6.07) is 9.80. The maximum absolute atomic E-state index is 11.4. The van der Waals surface area contributed by atoms with E-state index in [-0.39, 0.29) is 10.8 Å². The molecule has 7 heteroatoms. The van der Waals surface area contributed by atoms with Crippen molar-refractivity contribution in [2.45, 2.75) is 4.90 Å². The fourth-order valence-electron chi connectivity index (χ4n) is 2.12. The van der Waals surface area contributed by atoms with Crippen LogP contribution in [0.25, 0.3) is 10.8 Å². The number of carbonyl (C=O) groups excluding carboxylic acids is 1. The molecule has 2 aromatic rings. The van der Waals surface area contributed by atoms with Gasteiger partial charge in [-0.3, -0.25) is 9.35 Å². The lowest BCUT2D eigenvalue weighted by Crippen LogP contribution is -2.26. The van der Waals surface area contributed by atoms with Crippen LogP contribution in [-0.4, -0.2) is 32.0 Å². The maximum atomic E-state index is 11.4. The minimum atomic E-state index is -4.28. The third-order valence-corrected chi connectivity index (χ3v) is 4.00.